The fourth-order valence-corrected chi connectivity index (χ4v) is 3.40. The minimum Gasteiger partial charge on any atom is -0.259 e. The van der Waals surface area contributed by atoms with Gasteiger partial charge in [0.25, 0.3) is 0 Å². The summed E-state index contributed by atoms with van der Waals surface area (Å²) in [6.07, 6.45) is 0.281. The van der Waals surface area contributed by atoms with E-state index in [1.807, 2.05) is 60.7 Å². The zero-order valence-electron chi connectivity index (χ0n) is 10.5. The fourth-order valence-electron chi connectivity index (χ4n) is 1.95. The Bertz CT molecular complexity index is 575. The molecule has 19 heavy (non-hydrogen) atoms. The Morgan fingerprint density at radius 1 is 1.00 bits per heavy atom. The van der Waals surface area contributed by atoms with Gasteiger partial charge in [-0.1, -0.05) is 60.7 Å². The van der Waals surface area contributed by atoms with Gasteiger partial charge in [-0.2, -0.15) is 5.26 Å². The van der Waals surface area contributed by atoms with Crippen LogP contribution in [-0.4, -0.2) is 4.21 Å². The predicted octanol–water partition coefficient (Wildman–Crippen LogP) is 3.59. The Hall–Kier alpha value is -1.92. The van der Waals surface area contributed by atoms with E-state index < -0.39 is 10.8 Å². The van der Waals surface area contributed by atoms with Crippen molar-refractivity contribution in [3.8, 4) is 6.07 Å². The minimum absolute atomic E-state index is 0.216. The molecule has 0 heterocycles. The molecule has 2 rings (SSSR count). The minimum atomic E-state index is -1.08. The Balaban J connectivity index is 2.16. The summed E-state index contributed by atoms with van der Waals surface area (Å²) in [6.45, 7) is 0. The van der Waals surface area contributed by atoms with Crippen molar-refractivity contribution in [2.75, 3.05) is 0 Å². The van der Waals surface area contributed by atoms with Crippen molar-refractivity contribution in [3.05, 3.63) is 71.8 Å². The van der Waals surface area contributed by atoms with Crippen molar-refractivity contribution in [2.45, 2.75) is 17.4 Å². The largest absolute Gasteiger partial charge is 0.259 e. The van der Waals surface area contributed by atoms with E-state index in [0.717, 1.165) is 11.1 Å². The molecule has 0 spiro atoms. The molecule has 0 saturated heterocycles. The quantitative estimate of drug-likeness (QED) is 0.832. The highest BCUT2D eigenvalue weighted by Crippen LogP contribution is 2.25. The summed E-state index contributed by atoms with van der Waals surface area (Å²) in [5.74, 6) is 0.488. The third-order valence-electron chi connectivity index (χ3n) is 2.92. The van der Waals surface area contributed by atoms with Gasteiger partial charge in [0.1, 0.15) is 0 Å². The lowest BCUT2D eigenvalue weighted by Gasteiger charge is -2.14. The number of nitrogens with zero attached hydrogens (tertiary/aromatic N) is 1. The van der Waals surface area contributed by atoms with E-state index in [9.17, 15) is 4.21 Å². The summed E-state index contributed by atoms with van der Waals surface area (Å²) in [5.41, 5.74) is 2.01. The lowest BCUT2D eigenvalue weighted by atomic mass is 10.1. The van der Waals surface area contributed by atoms with Gasteiger partial charge in [-0.3, -0.25) is 4.21 Å². The van der Waals surface area contributed by atoms with Crippen molar-refractivity contribution >= 4 is 10.8 Å². The molecule has 3 heteroatoms. The molecule has 2 unspecified atom stereocenters. The molecule has 0 aliphatic heterocycles. The first kappa shape index (κ1) is 13.5. The van der Waals surface area contributed by atoms with Crippen LogP contribution < -0.4 is 0 Å². The van der Waals surface area contributed by atoms with Crippen molar-refractivity contribution in [3.63, 3.8) is 0 Å². The van der Waals surface area contributed by atoms with Crippen LogP contribution in [0.3, 0.4) is 0 Å². The molecule has 0 saturated carbocycles. The number of hydrogen-bond acceptors (Lipinski definition) is 2. The maximum Gasteiger partial charge on any atom is 0.0730 e. The third-order valence-corrected chi connectivity index (χ3v) is 4.61. The van der Waals surface area contributed by atoms with Crippen LogP contribution in [0.4, 0.5) is 0 Å². The molecule has 0 bridgehead atoms. The van der Waals surface area contributed by atoms with E-state index in [0.29, 0.717) is 5.75 Å². The van der Waals surface area contributed by atoms with Crippen LogP contribution in [0.5, 0.6) is 0 Å². The van der Waals surface area contributed by atoms with Crippen LogP contribution in [0.2, 0.25) is 0 Å². The summed E-state index contributed by atoms with van der Waals surface area (Å²) in [6, 6.07) is 21.5. The number of rotatable bonds is 5. The molecule has 0 amide bonds. The zero-order valence-corrected chi connectivity index (χ0v) is 11.3. The van der Waals surface area contributed by atoms with Gasteiger partial charge in [0, 0.05) is 16.6 Å². The number of hydrogen-bond donors (Lipinski definition) is 0. The molecule has 0 aliphatic carbocycles. The Kier molecular flexibility index (Phi) is 4.88. The molecular weight excluding hydrogens is 254 g/mol. The average Bonchev–Trinajstić information content (AvgIpc) is 2.46. The Morgan fingerprint density at radius 2 is 1.58 bits per heavy atom. The van der Waals surface area contributed by atoms with Crippen LogP contribution in [0.25, 0.3) is 0 Å². The van der Waals surface area contributed by atoms with E-state index in [1.54, 1.807) is 0 Å². The zero-order chi connectivity index (χ0) is 13.5. The summed E-state index contributed by atoms with van der Waals surface area (Å²) in [7, 11) is -1.08. The highest BCUT2D eigenvalue weighted by molar-refractivity contribution is 7.84. The smallest absolute Gasteiger partial charge is 0.0730 e. The topological polar surface area (TPSA) is 40.9 Å². The summed E-state index contributed by atoms with van der Waals surface area (Å²) in [5, 5.41) is 8.71. The van der Waals surface area contributed by atoms with Crippen LogP contribution in [0.15, 0.2) is 60.7 Å². The van der Waals surface area contributed by atoms with Crippen LogP contribution in [-0.2, 0) is 16.6 Å². The average molecular weight is 269 g/mol. The molecule has 0 aromatic heterocycles. The predicted molar refractivity (Wildman–Crippen MR) is 77.7 cm³/mol. The molecule has 0 N–H and O–H groups in total. The van der Waals surface area contributed by atoms with Crippen LogP contribution >= 0.6 is 0 Å². The molecular formula is C16H15NOS. The fraction of sp³-hybridized carbons (Fsp3) is 0.188. The van der Waals surface area contributed by atoms with Crippen molar-refractivity contribution in [1.82, 2.24) is 0 Å². The number of benzene rings is 2. The van der Waals surface area contributed by atoms with Gasteiger partial charge in [-0.05, 0) is 11.1 Å². The van der Waals surface area contributed by atoms with E-state index in [4.69, 9.17) is 5.26 Å². The van der Waals surface area contributed by atoms with Gasteiger partial charge in [0.2, 0.25) is 0 Å². The lowest BCUT2D eigenvalue weighted by molar-refractivity contribution is 0.672. The SMILES string of the molecule is N#CCC(c1ccccc1)S(=O)Cc1ccccc1. The van der Waals surface area contributed by atoms with Gasteiger partial charge in [0.15, 0.2) is 0 Å². The van der Waals surface area contributed by atoms with Crippen LogP contribution in [0.1, 0.15) is 22.8 Å². The molecule has 0 fully saturated rings. The summed E-state index contributed by atoms with van der Waals surface area (Å²) in [4.78, 5) is 0. The molecule has 2 aromatic carbocycles. The van der Waals surface area contributed by atoms with E-state index in [2.05, 4.69) is 6.07 Å². The maximum atomic E-state index is 12.5. The first-order valence-corrected chi connectivity index (χ1v) is 7.52. The van der Waals surface area contributed by atoms with E-state index in [-0.39, 0.29) is 11.7 Å². The van der Waals surface area contributed by atoms with Gasteiger partial charge in [-0.15, -0.1) is 0 Å². The van der Waals surface area contributed by atoms with Crippen molar-refractivity contribution < 1.29 is 4.21 Å². The van der Waals surface area contributed by atoms with E-state index >= 15 is 0 Å². The first-order chi connectivity index (χ1) is 9.31. The molecule has 0 radical (unpaired) electrons. The highest BCUT2D eigenvalue weighted by atomic mass is 32.2. The molecule has 2 aromatic rings. The molecule has 2 nitrogen and oxygen atoms in total. The van der Waals surface area contributed by atoms with Gasteiger partial charge < -0.3 is 0 Å². The Morgan fingerprint density at radius 3 is 2.16 bits per heavy atom. The molecule has 96 valence electrons. The standard InChI is InChI=1S/C16H15NOS/c17-12-11-16(15-9-5-2-6-10-15)19(18)13-14-7-3-1-4-8-14/h1-10,16H,11,13H2. The van der Waals surface area contributed by atoms with Crippen molar-refractivity contribution in [2.24, 2.45) is 0 Å². The van der Waals surface area contributed by atoms with Gasteiger partial charge in [-0.25, -0.2) is 0 Å². The third kappa shape index (κ3) is 3.77. The van der Waals surface area contributed by atoms with E-state index in [1.165, 1.54) is 0 Å². The monoisotopic (exact) mass is 269 g/mol. The van der Waals surface area contributed by atoms with Gasteiger partial charge in [0.05, 0.1) is 17.7 Å². The second-order valence-electron chi connectivity index (χ2n) is 4.27. The first-order valence-electron chi connectivity index (χ1n) is 6.14. The lowest BCUT2D eigenvalue weighted by Crippen LogP contribution is -2.08. The second kappa shape index (κ2) is 6.86. The summed E-state index contributed by atoms with van der Waals surface area (Å²) >= 11 is 0. The summed E-state index contributed by atoms with van der Waals surface area (Å²) < 4.78 is 12.5. The number of nitriles is 1. The molecule has 2 atom stereocenters. The van der Waals surface area contributed by atoms with Crippen molar-refractivity contribution in [1.29, 1.82) is 5.26 Å². The normalized spacial score (nSPS) is 13.4. The van der Waals surface area contributed by atoms with Crippen LogP contribution in [0, 0.1) is 11.3 Å². The Labute approximate surface area is 116 Å². The highest BCUT2D eigenvalue weighted by Gasteiger charge is 2.18. The second-order valence-corrected chi connectivity index (χ2v) is 5.89. The maximum absolute atomic E-state index is 12.5. The molecule has 0 aliphatic rings. The van der Waals surface area contributed by atoms with Gasteiger partial charge >= 0.3 is 0 Å².